The van der Waals surface area contributed by atoms with Crippen molar-refractivity contribution in [1.82, 2.24) is 13.7 Å². The van der Waals surface area contributed by atoms with Crippen molar-refractivity contribution in [1.29, 1.82) is 0 Å². The Kier molecular flexibility index (Phi) is 8.91. The van der Waals surface area contributed by atoms with Crippen molar-refractivity contribution >= 4 is 106 Å². The highest BCUT2D eigenvalue weighted by atomic mass is 32.2. The third-order valence-corrected chi connectivity index (χ3v) is 21.6. The first-order valence-corrected chi connectivity index (χ1v) is 27.2. The minimum absolute atomic E-state index is 1.13. The van der Waals surface area contributed by atoms with Crippen molar-refractivity contribution in [2.45, 2.75) is 9.79 Å². The molecule has 0 amide bonds. The number of para-hydroxylation sites is 4. The Morgan fingerprint density at radius 2 is 0.732 bits per heavy atom. The van der Waals surface area contributed by atoms with E-state index in [0.717, 1.165) is 28.1 Å². The molecule has 0 saturated heterocycles. The Morgan fingerprint density at radius 3 is 1.32 bits per heavy atom. The molecule has 3 nitrogen and oxygen atoms in total. The second-order valence-corrected chi connectivity index (χ2v) is 23.6. The van der Waals surface area contributed by atoms with E-state index in [-0.39, 0.29) is 0 Å². The van der Waals surface area contributed by atoms with Crippen LogP contribution in [0.2, 0.25) is 0 Å². The standard InChI is InChI=1S/C66H43N3SSi/c1-3-19-44(20-4-1)49-23-7-11-27-56(49)69-60-39-35-45(67-57-28-12-8-24-50(57)51-25-9-13-29-58(51)67)41-54(60)55-42-46(36-40-61(55)69)68-59-30-14-10-26-52(59)53-38-37-48(43-62(53)68)71(47-21-5-2-6-22-47)65-33-17-15-31-63(65)70-64-32-16-18-34-66(64)71/h1-43H. The van der Waals surface area contributed by atoms with E-state index in [1.165, 1.54) is 96.0 Å². The van der Waals surface area contributed by atoms with Gasteiger partial charge in [0, 0.05) is 59.0 Å². The Labute approximate surface area is 416 Å². The normalized spacial score (nSPS) is 13.1. The van der Waals surface area contributed by atoms with Gasteiger partial charge in [0.25, 0.3) is 0 Å². The summed E-state index contributed by atoms with van der Waals surface area (Å²) in [5.41, 5.74) is 12.9. The van der Waals surface area contributed by atoms with Crippen LogP contribution in [0.3, 0.4) is 0 Å². The molecule has 0 radical (unpaired) electrons. The summed E-state index contributed by atoms with van der Waals surface area (Å²) in [6.07, 6.45) is 0. The van der Waals surface area contributed by atoms with Gasteiger partial charge in [-0.25, -0.2) is 0 Å². The van der Waals surface area contributed by atoms with E-state index in [1.54, 1.807) is 0 Å². The fourth-order valence-corrected chi connectivity index (χ4v) is 19.2. The average molecular weight is 938 g/mol. The number of nitrogens with zero attached hydrogens (tertiary/aromatic N) is 3. The van der Waals surface area contributed by atoms with Gasteiger partial charge in [-0.3, -0.25) is 0 Å². The van der Waals surface area contributed by atoms with Gasteiger partial charge in [0.1, 0.15) is 0 Å². The first kappa shape index (κ1) is 40.3. The maximum absolute atomic E-state index is 2.83. The topological polar surface area (TPSA) is 14.8 Å². The lowest BCUT2D eigenvalue weighted by atomic mass is 10.0. The second-order valence-electron chi connectivity index (χ2n) is 18.8. The largest absolute Gasteiger partial charge is 0.309 e. The van der Waals surface area contributed by atoms with E-state index in [9.17, 15) is 0 Å². The monoisotopic (exact) mass is 937 g/mol. The van der Waals surface area contributed by atoms with Crippen LogP contribution >= 0.6 is 11.8 Å². The van der Waals surface area contributed by atoms with Gasteiger partial charge in [-0.05, 0) is 105 Å². The summed E-state index contributed by atoms with van der Waals surface area (Å²) in [7, 11) is -2.83. The highest BCUT2D eigenvalue weighted by molar-refractivity contribution is 8.00. The molecule has 1 aliphatic rings. The minimum atomic E-state index is -2.83. The minimum Gasteiger partial charge on any atom is -0.309 e. The van der Waals surface area contributed by atoms with E-state index >= 15 is 0 Å². The predicted octanol–water partition coefficient (Wildman–Crippen LogP) is 14.5. The Bertz CT molecular complexity index is 4350. The van der Waals surface area contributed by atoms with Gasteiger partial charge in [-0.2, -0.15) is 0 Å². The van der Waals surface area contributed by atoms with Crippen LogP contribution in [0.4, 0.5) is 0 Å². The molecule has 0 N–H and O–H groups in total. The van der Waals surface area contributed by atoms with Gasteiger partial charge in [-0.1, -0.05) is 194 Å². The number of fused-ring (bicyclic) bond motifs is 11. The summed E-state index contributed by atoms with van der Waals surface area (Å²) in [5.74, 6) is 0. The second kappa shape index (κ2) is 15.7. The molecule has 15 rings (SSSR count). The van der Waals surface area contributed by atoms with Gasteiger partial charge in [0.2, 0.25) is 0 Å². The molecule has 0 spiro atoms. The molecule has 14 aromatic rings. The Hall–Kier alpha value is -8.61. The lowest BCUT2D eigenvalue weighted by Gasteiger charge is -2.39. The summed E-state index contributed by atoms with van der Waals surface area (Å²) < 4.78 is 7.46. The van der Waals surface area contributed by atoms with E-state index in [4.69, 9.17) is 0 Å². The molecule has 71 heavy (non-hydrogen) atoms. The molecule has 11 aromatic carbocycles. The third kappa shape index (κ3) is 5.85. The Morgan fingerprint density at radius 1 is 0.282 bits per heavy atom. The van der Waals surface area contributed by atoms with Gasteiger partial charge in [-0.15, -0.1) is 0 Å². The quantitative estimate of drug-likeness (QED) is 0.152. The number of hydrogen-bond donors (Lipinski definition) is 0. The molecule has 0 aliphatic carbocycles. The van der Waals surface area contributed by atoms with E-state index in [0.29, 0.717) is 0 Å². The van der Waals surface area contributed by atoms with E-state index in [1.807, 2.05) is 11.8 Å². The first-order valence-electron chi connectivity index (χ1n) is 24.4. The highest BCUT2D eigenvalue weighted by Gasteiger charge is 2.47. The molecule has 0 unspecified atom stereocenters. The van der Waals surface area contributed by atoms with Crippen molar-refractivity contribution in [3.63, 3.8) is 0 Å². The zero-order chi connectivity index (χ0) is 46.6. The van der Waals surface area contributed by atoms with Crippen LogP contribution in [0.25, 0.3) is 93.6 Å². The summed E-state index contributed by atoms with van der Waals surface area (Å²) in [5, 5.41) is 13.1. The van der Waals surface area contributed by atoms with Gasteiger partial charge in [0.05, 0.1) is 38.8 Å². The van der Waals surface area contributed by atoms with E-state index in [2.05, 4.69) is 275 Å². The molecule has 0 bridgehead atoms. The van der Waals surface area contributed by atoms with Crippen LogP contribution in [-0.4, -0.2) is 21.8 Å². The molecule has 332 valence electrons. The predicted molar refractivity (Wildman–Crippen MR) is 303 cm³/mol. The smallest absolute Gasteiger partial charge is 0.181 e. The van der Waals surface area contributed by atoms with E-state index < -0.39 is 8.07 Å². The SMILES string of the molecule is c1ccc(-c2ccccc2-n2c3ccc(-n4c5ccccc5c5ccccc54)cc3c3cc(-n4c5ccccc5c5ccc([Si]6(c7ccccc7)c7ccccc7Sc7ccccc76)cc54)ccc32)cc1. The third-order valence-electron chi connectivity index (χ3n) is 15.2. The summed E-state index contributed by atoms with van der Waals surface area (Å²) >= 11 is 1.91. The summed E-state index contributed by atoms with van der Waals surface area (Å²) in [6, 6.07) is 97.6. The number of aromatic nitrogens is 3. The van der Waals surface area contributed by atoms with Crippen LogP contribution in [0.15, 0.2) is 271 Å². The van der Waals surface area contributed by atoms with Gasteiger partial charge < -0.3 is 13.7 Å². The molecule has 4 heterocycles. The fraction of sp³-hybridized carbons (Fsp3) is 0. The van der Waals surface area contributed by atoms with Crippen molar-refractivity contribution in [3.8, 4) is 28.2 Å². The molecule has 0 saturated carbocycles. The molecular weight excluding hydrogens is 895 g/mol. The van der Waals surface area contributed by atoms with Crippen molar-refractivity contribution in [2.24, 2.45) is 0 Å². The molecule has 5 heteroatoms. The summed E-state index contributed by atoms with van der Waals surface area (Å²) in [4.78, 5) is 2.69. The average Bonchev–Trinajstić information content (AvgIpc) is 4.08. The van der Waals surface area contributed by atoms with Crippen molar-refractivity contribution < 1.29 is 0 Å². The molecule has 1 aliphatic heterocycles. The summed E-state index contributed by atoms with van der Waals surface area (Å²) in [6.45, 7) is 0. The number of benzene rings is 11. The van der Waals surface area contributed by atoms with Gasteiger partial charge in [0.15, 0.2) is 8.07 Å². The maximum atomic E-state index is 2.56. The first-order chi connectivity index (χ1) is 35.2. The molecule has 0 fully saturated rings. The fourth-order valence-electron chi connectivity index (χ4n) is 12.2. The maximum Gasteiger partial charge on any atom is 0.181 e. The highest BCUT2D eigenvalue weighted by Crippen LogP contribution is 2.42. The molecule has 3 aromatic heterocycles. The zero-order valence-corrected chi connectivity index (χ0v) is 40.4. The van der Waals surface area contributed by atoms with Crippen LogP contribution in [-0.2, 0) is 0 Å². The molecular formula is C66H43N3SSi. The van der Waals surface area contributed by atoms with Crippen molar-refractivity contribution in [2.75, 3.05) is 0 Å². The number of hydrogen-bond acceptors (Lipinski definition) is 1. The lowest BCUT2D eigenvalue weighted by Crippen LogP contribution is -2.76. The Balaban J connectivity index is 1.03. The zero-order valence-electron chi connectivity index (χ0n) is 38.6. The van der Waals surface area contributed by atoms with Crippen LogP contribution < -0.4 is 20.7 Å². The van der Waals surface area contributed by atoms with Crippen LogP contribution in [0.5, 0.6) is 0 Å². The van der Waals surface area contributed by atoms with Crippen molar-refractivity contribution in [3.05, 3.63) is 261 Å². The lowest BCUT2D eigenvalue weighted by molar-refractivity contribution is 1.16. The molecule has 0 atom stereocenters. The van der Waals surface area contributed by atoms with Crippen LogP contribution in [0, 0.1) is 0 Å². The number of rotatable bonds is 6. The van der Waals surface area contributed by atoms with Gasteiger partial charge >= 0.3 is 0 Å². The van der Waals surface area contributed by atoms with Crippen LogP contribution in [0.1, 0.15) is 0 Å².